The van der Waals surface area contributed by atoms with Crippen molar-refractivity contribution < 1.29 is 14.3 Å². The molecule has 5 nitrogen and oxygen atoms in total. The molecule has 0 saturated carbocycles. The molecule has 0 saturated heterocycles. The minimum atomic E-state index is -0.365. The van der Waals surface area contributed by atoms with Crippen LogP contribution in [0.4, 0.5) is 11.4 Å². The highest BCUT2D eigenvalue weighted by molar-refractivity contribution is 6.46. The molecule has 0 bridgehead atoms. The number of imide groups is 1. The lowest BCUT2D eigenvalue weighted by Crippen LogP contribution is -2.32. The van der Waals surface area contributed by atoms with Crippen LogP contribution in [0.2, 0.25) is 0 Å². The molecule has 2 amide bonds. The van der Waals surface area contributed by atoms with Crippen molar-refractivity contribution in [2.24, 2.45) is 0 Å². The van der Waals surface area contributed by atoms with Gasteiger partial charge in [-0.15, -0.1) is 0 Å². The van der Waals surface area contributed by atoms with Crippen molar-refractivity contribution in [1.82, 2.24) is 0 Å². The van der Waals surface area contributed by atoms with Crippen LogP contribution in [0.3, 0.4) is 0 Å². The summed E-state index contributed by atoms with van der Waals surface area (Å²) in [6.45, 7) is 8.69. The van der Waals surface area contributed by atoms with Gasteiger partial charge < -0.3 is 10.1 Å². The van der Waals surface area contributed by atoms with E-state index in [1.165, 1.54) is 10.5 Å². The number of amides is 2. The fourth-order valence-electron chi connectivity index (χ4n) is 4.13. The Morgan fingerprint density at radius 2 is 1.47 bits per heavy atom. The van der Waals surface area contributed by atoms with Gasteiger partial charge in [-0.05, 0) is 85.3 Å². The Kier molecular flexibility index (Phi) is 6.82. The van der Waals surface area contributed by atoms with Crippen molar-refractivity contribution in [2.75, 3.05) is 16.8 Å². The number of benzene rings is 3. The number of anilines is 2. The van der Waals surface area contributed by atoms with Gasteiger partial charge in [0.25, 0.3) is 11.8 Å². The Labute approximate surface area is 201 Å². The van der Waals surface area contributed by atoms with Gasteiger partial charge in [0.1, 0.15) is 11.4 Å². The molecule has 0 atom stereocenters. The number of hydrogen-bond donors (Lipinski definition) is 1. The van der Waals surface area contributed by atoms with Crippen molar-refractivity contribution in [3.63, 3.8) is 0 Å². The Balaban J connectivity index is 1.76. The predicted octanol–water partition coefficient (Wildman–Crippen LogP) is 6.05. The summed E-state index contributed by atoms with van der Waals surface area (Å²) in [6.07, 6.45) is 1.84. The summed E-state index contributed by atoms with van der Waals surface area (Å²) >= 11 is 0. The molecule has 1 heterocycles. The fourth-order valence-corrected chi connectivity index (χ4v) is 4.13. The van der Waals surface area contributed by atoms with E-state index in [1.54, 1.807) is 0 Å². The zero-order valence-electron chi connectivity index (χ0n) is 20.1. The van der Waals surface area contributed by atoms with Gasteiger partial charge >= 0.3 is 0 Å². The first-order valence-corrected chi connectivity index (χ1v) is 11.7. The minimum Gasteiger partial charge on any atom is -0.494 e. The van der Waals surface area contributed by atoms with Crippen LogP contribution in [0, 0.1) is 13.8 Å². The third-order valence-electron chi connectivity index (χ3n) is 5.80. The molecule has 0 aromatic heterocycles. The second-order valence-electron chi connectivity index (χ2n) is 8.59. The summed E-state index contributed by atoms with van der Waals surface area (Å²) in [6, 6.07) is 21.0. The zero-order chi connectivity index (χ0) is 24.2. The number of nitrogens with zero attached hydrogens (tertiary/aromatic N) is 1. The van der Waals surface area contributed by atoms with Gasteiger partial charge in [-0.1, -0.05) is 44.2 Å². The molecule has 3 aromatic rings. The number of rotatable bonds is 8. The van der Waals surface area contributed by atoms with E-state index >= 15 is 0 Å². The average Bonchev–Trinajstić information content (AvgIpc) is 3.07. The maximum Gasteiger partial charge on any atom is 0.282 e. The van der Waals surface area contributed by atoms with E-state index in [9.17, 15) is 9.59 Å². The Morgan fingerprint density at radius 3 is 2.06 bits per heavy atom. The number of hydrogen-bond acceptors (Lipinski definition) is 4. The molecule has 4 rings (SSSR count). The zero-order valence-corrected chi connectivity index (χ0v) is 20.1. The van der Waals surface area contributed by atoms with Crippen LogP contribution >= 0.6 is 0 Å². The van der Waals surface area contributed by atoms with Gasteiger partial charge in [0.2, 0.25) is 0 Å². The molecule has 0 fully saturated rings. The molecule has 1 aliphatic heterocycles. The van der Waals surface area contributed by atoms with Gasteiger partial charge in [0.05, 0.1) is 17.9 Å². The van der Waals surface area contributed by atoms with Crippen LogP contribution in [0.1, 0.15) is 42.5 Å². The van der Waals surface area contributed by atoms with E-state index in [0.717, 1.165) is 35.4 Å². The van der Waals surface area contributed by atoms with Crippen molar-refractivity contribution in [2.45, 2.75) is 40.5 Å². The quantitative estimate of drug-likeness (QED) is 0.421. The van der Waals surface area contributed by atoms with Crippen LogP contribution < -0.4 is 15.0 Å². The van der Waals surface area contributed by atoms with Gasteiger partial charge in [-0.3, -0.25) is 9.59 Å². The number of ether oxygens (including phenoxy) is 1. The molecule has 5 heteroatoms. The molecular weight excluding hydrogens is 424 g/mol. The third-order valence-corrected chi connectivity index (χ3v) is 5.80. The fraction of sp³-hybridized carbons (Fsp3) is 0.241. The Bertz CT molecular complexity index is 1220. The summed E-state index contributed by atoms with van der Waals surface area (Å²) in [5.41, 5.74) is 5.82. The third kappa shape index (κ3) is 4.74. The summed E-state index contributed by atoms with van der Waals surface area (Å²) in [5, 5.41) is 3.24. The van der Waals surface area contributed by atoms with Crippen LogP contribution in [-0.2, 0) is 16.0 Å². The average molecular weight is 455 g/mol. The Hall–Kier alpha value is -3.86. The van der Waals surface area contributed by atoms with Crippen LogP contribution in [0.5, 0.6) is 5.75 Å². The lowest BCUT2D eigenvalue weighted by atomic mass is 10.0. The van der Waals surface area contributed by atoms with Crippen molar-refractivity contribution in [3.8, 4) is 5.75 Å². The first-order chi connectivity index (χ1) is 16.4. The number of carbonyl (C=O) groups is 2. The van der Waals surface area contributed by atoms with Crippen molar-refractivity contribution >= 4 is 28.8 Å². The highest BCUT2D eigenvalue weighted by Gasteiger charge is 2.40. The van der Waals surface area contributed by atoms with Crippen LogP contribution in [0.15, 0.2) is 72.4 Å². The molecule has 1 aliphatic rings. The SMILES string of the molecule is CCCOc1ccc(C2=C(Nc3ccc(CC)cc3)C(=O)N(c3cc(C)cc(C)c3)C2=O)cc1. The second-order valence-corrected chi connectivity index (χ2v) is 8.59. The summed E-state index contributed by atoms with van der Waals surface area (Å²) < 4.78 is 5.69. The minimum absolute atomic E-state index is 0.274. The second kappa shape index (κ2) is 9.96. The monoisotopic (exact) mass is 454 g/mol. The molecular formula is C29H30N2O3. The molecule has 174 valence electrons. The Morgan fingerprint density at radius 1 is 0.824 bits per heavy atom. The van der Waals surface area contributed by atoms with Gasteiger partial charge in [0, 0.05) is 5.69 Å². The topological polar surface area (TPSA) is 58.6 Å². The van der Waals surface area contributed by atoms with Crippen LogP contribution in [0.25, 0.3) is 5.57 Å². The molecule has 0 spiro atoms. The van der Waals surface area contributed by atoms with Crippen LogP contribution in [-0.4, -0.2) is 18.4 Å². The van der Waals surface area contributed by atoms with Gasteiger partial charge in [-0.25, -0.2) is 4.90 Å². The number of carbonyl (C=O) groups excluding carboxylic acids is 2. The van der Waals surface area contributed by atoms with Gasteiger partial charge in [-0.2, -0.15) is 0 Å². The normalized spacial score (nSPS) is 13.6. The molecule has 0 radical (unpaired) electrons. The van der Waals surface area contributed by atoms with E-state index in [0.29, 0.717) is 23.4 Å². The first-order valence-electron chi connectivity index (χ1n) is 11.7. The molecule has 34 heavy (non-hydrogen) atoms. The van der Waals surface area contributed by atoms with E-state index in [-0.39, 0.29) is 17.5 Å². The lowest BCUT2D eigenvalue weighted by molar-refractivity contribution is -0.120. The summed E-state index contributed by atoms with van der Waals surface area (Å²) in [7, 11) is 0. The lowest BCUT2D eigenvalue weighted by Gasteiger charge is -2.17. The predicted molar refractivity (Wildman–Crippen MR) is 137 cm³/mol. The number of aryl methyl sites for hydroxylation is 3. The number of nitrogens with one attached hydrogen (secondary N) is 1. The van der Waals surface area contributed by atoms with E-state index < -0.39 is 0 Å². The van der Waals surface area contributed by atoms with Crippen molar-refractivity contribution in [3.05, 3.63) is 94.7 Å². The summed E-state index contributed by atoms with van der Waals surface area (Å²) in [5.74, 6) is 0.0274. The maximum atomic E-state index is 13.7. The molecule has 0 unspecified atom stereocenters. The van der Waals surface area contributed by atoms with E-state index in [1.807, 2.05) is 80.6 Å². The molecule has 0 aliphatic carbocycles. The molecule has 3 aromatic carbocycles. The highest BCUT2D eigenvalue weighted by atomic mass is 16.5. The maximum absolute atomic E-state index is 13.7. The largest absolute Gasteiger partial charge is 0.494 e. The highest BCUT2D eigenvalue weighted by Crippen LogP contribution is 2.35. The standard InChI is InChI=1S/C29H30N2O3/c1-5-15-34-25-13-9-22(10-14-25)26-27(30-23-11-7-21(6-2)8-12-23)29(33)31(28(26)32)24-17-19(3)16-20(4)18-24/h7-14,16-18,30H,5-6,15H2,1-4H3. The van der Waals surface area contributed by atoms with Gasteiger partial charge in [0.15, 0.2) is 0 Å². The smallest absolute Gasteiger partial charge is 0.282 e. The van der Waals surface area contributed by atoms with E-state index in [4.69, 9.17) is 4.74 Å². The molecule has 1 N–H and O–H groups in total. The van der Waals surface area contributed by atoms with E-state index in [2.05, 4.69) is 19.2 Å². The first kappa shape index (κ1) is 23.3. The van der Waals surface area contributed by atoms with Crippen molar-refractivity contribution in [1.29, 1.82) is 0 Å². The summed E-state index contributed by atoms with van der Waals surface area (Å²) in [4.78, 5) is 28.6.